The third-order valence-electron chi connectivity index (χ3n) is 5.81. The number of esters is 1. The average Bonchev–Trinajstić information content (AvgIpc) is 2.80. The molecule has 0 saturated carbocycles. The number of piperidine rings is 1. The van der Waals surface area contributed by atoms with Gasteiger partial charge in [-0.15, -0.1) is 0 Å². The first-order valence-electron chi connectivity index (χ1n) is 11.1. The van der Waals surface area contributed by atoms with Crippen molar-refractivity contribution in [2.45, 2.75) is 69.3 Å². The van der Waals surface area contributed by atoms with Crippen LogP contribution in [-0.2, 0) is 19.6 Å². The molecule has 170 valence electrons. The van der Waals surface area contributed by atoms with Crippen molar-refractivity contribution in [3.8, 4) is 0 Å². The summed E-state index contributed by atoms with van der Waals surface area (Å²) in [4.78, 5) is 24.9. The Labute approximate surface area is 184 Å². The normalized spacial score (nSPS) is 18.7. The quantitative estimate of drug-likeness (QED) is 0.486. The van der Waals surface area contributed by atoms with Gasteiger partial charge in [-0.1, -0.05) is 24.1 Å². The number of rotatable bonds is 8. The molecule has 1 N–H and O–H groups in total. The Morgan fingerprint density at radius 3 is 2.61 bits per heavy atom. The number of amides is 1. The van der Waals surface area contributed by atoms with Crippen LogP contribution in [0.25, 0.3) is 0 Å². The molecule has 1 atom stereocenters. The largest absolute Gasteiger partial charge is 0.449 e. The van der Waals surface area contributed by atoms with Crippen LogP contribution < -0.4 is 5.32 Å². The lowest BCUT2D eigenvalue weighted by Crippen LogP contribution is -2.36. The van der Waals surface area contributed by atoms with E-state index in [-0.39, 0.29) is 16.4 Å². The molecule has 31 heavy (non-hydrogen) atoms. The van der Waals surface area contributed by atoms with Crippen LogP contribution in [0.4, 0.5) is 0 Å². The molecule has 1 aromatic rings. The monoisotopic (exact) mass is 448 g/mol. The molecule has 0 bridgehead atoms. The summed E-state index contributed by atoms with van der Waals surface area (Å²) in [7, 11) is -3.64. The fourth-order valence-electron chi connectivity index (χ4n) is 3.94. The lowest BCUT2D eigenvalue weighted by molar-refractivity contribution is -0.129. The first-order valence-corrected chi connectivity index (χ1v) is 12.6. The van der Waals surface area contributed by atoms with Crippen molar-refractivity contribution in [3.63, 3.8) is 0 Å². The number of benzene rings is 1. The van der Waals surface area contributed by atoms with Crippen LogP contribution in [0, 0.1) is 0 Å². The first-order chi connectivity index (χ1) is 14.9. The lowest BCUT2D eigenvalue weighted by atomic mass is 9.97. The van der Waals surface area contributed by atoms with E-state index in [4.69, 9.17) is 4.74 Å². The van der Waals surface area contributed by atoms with Gasteiger partial charge in [0.15, 0.2) is 6.10 Å². The zero-order valence-corrected chi connectivity index (χ0v) is 19.0. The molecule has 1 aromatic carbocycles. The number of carbonyl (C=O) groups is 2. The molecule has 2 aliphatic rings. The Kier molecular flexibility index (Phi) is 8.26. The molecule has 1 amide bonds. The van der Waals surface area contributed by atoms with Crippen LogP contribution in [0.1, 0.15) is 68.6 Å². The van der Waals surface area contributed by atoms with Crippen molar-refractivity contribution < 1.29 is 22.7 Å². The molecule has 0 radical (unpaired) electrons. The Morgan fingerprint density at radius 2 is 1.90 bits per heavy atom. The highest BCUT2D eigenvalue weighted by atomic mass is 32.2. The van der Waals surface area contributed by atoms with E-state index in [1.807, 2.05) is 0 Å². The number of carbonyl (C=O) groups excluding carboxylic acids is 2. The van der Waals surface area contributed by atoms with Gasteiger partial charge >= 0.3 is 5.97 Å². The zero-order chi connectivity index (χ0) is 22.3. The topological polar surface area (TPSA) is 92.8 Å². The number of nitrogens with zero attached hydrogens (tertiary/aromatic N) is 1. The summed E-state index contributed by atoms with van der Waals surface area (Å²) in [5.74, 6) is -1.07. The molecule has 8 heteroatoms. The highest BCUT2D eigenvalue weighted by Gasteiger charge is 2.27. The Morgan fingerprint density at radius 1 is 1.13 bits per heavy atom. The molecule has 1 fully saturated rings. The van der Waals surface area contributed by atoms with Crippen LogP contribution in [0.5, 0.6) is 0 Å². The molecule has 7 nitrogen and oxygen atoms in total. The number of hydrogen-bond donors (Lipinski definition) is 1. The predicted octanol–water partition coefficient (Wildman–Crippen LogP) is 3.41. The molecule has 1 saturated heterocycles. The van der Waals surface area contributed by atoms with Gasteiger partial charge in [-0.2, -0.15) is 4.31 Å². The number of sulfonamides is 1. The second-order valence-corrected chi connectivity index (χ2v) is 10.1. The summed E-state index contributed by atoms with van der Waals surface area (Å²) in [5.41, 5.74) is 1.48. The number of hydrogen-bond acceptors (Lipinski definition) is 5. The fraction of sp³-hybridized carbons (Fsp3) is 0.565. The van der Waals surface area contributed by atoms with Gasteiger partial charge < -0.3 is 10.1 Å². The van der Waals surface area contributed by atoms with Crippen LogP contribution in [0.2, 0.25) is 0 Å². The fourth-order valence-corrected chi connectivity index (χ4v) is 5.51. The summed E-state index contributed by atoms with van der Waals surface area (Å²) in [6.45, 7) is 3.01. The second kappa shape index (κ2) is 10.9. The average molecular weight is 449 g/mol. The molecule has 3 rings (SSSR count). The van der Waals surface area contributed by atoms with Crippen molar-refractivity contribution in [3.05, 3.63) is 41.5 Å². The minimum Gasteiger partial charge on any atom is -0.449 e. The van der Waals surface area contributed by atoms with Crippen molar-refractivity contribution >= 4 is 21.9 Å². The maximum absolute atomic E-state index is 12.8. The van der Waals surface area contributed by atoms with Gasteiger partial charge in [-0.05, 0) is 70.1 Å². The summed E-state index contributed by atoms with van der Waals surface area (Å²) in [6.07, 6.45) is 9.39. The third kappa shape index (κ3) is 6.40. The van der Waals surface area contributed by atoms with Crippen molar-refractivity contribution in [2.75, 3.05) is 19.6 Å². The maximum Gasteiger partial charge on any atom is 0.338 e. The molecule has 1 heterocycles. The van der Waals surface area contributed by atoms with Gasteiger partial charge in [0, 0.05) is 19.6 Å². The van der Waals surface area contributed by atoms with E-state index in [0.29, 0.717) is 19.6 Å². The second-order valence-electron chi connectivity index (χ2n) is 8.19. The molecule has 1 aliphatic heterocycles. The van der Waals surface area contributed by atoms with Crippen LogP contribution >= 0.6 is 0 Å². The summed E-state index contributed by atoms with van der Waals surface area (Å²) in [6, 6.07) is 5.83. The van der Waals surface area contributed by atoms with Gasteiger partial charge in [0.1, 0.15) is 0 Å². The lowest BCUT2D eigenvalue weighted by Gasteiger charge is -2.26. The summed E-state index contributed by atoms with van der Waals surface area (Å²) in [5, 5.41) is 2.81. The SMILES string of the molecule is C[C@@H](OC(=O)c1cccc(S(=O)(=O)N2CCCCC2)c1)C(=O)NCCC1=CCCCC1. The molecular weight excluding hydrogens is 416 g/mol. The first kappa shape index (κ1) is 23.5. The van der Waals surface area contributed by atoms with Gasteiger partial charge in [-0.3, -0.25) is 4.79 Å². The van der Waals surface area contributed by atoms with Gasteiger partial charge in [0.05, 0.1) is 10.5 Å². The van der Waals surface area contributed by atoms with E-state index in [9.17, 15) is 18.0 Å². The van der Waals surface area contributed by atoms with Crippen LogP contribution in [0.15, 0.2) is 40.8 Å². The van der Waals surface area contributed by atoms with E-state index < -0.39 is 22.1 Å². The highest BCUT2D eigenvalue weighted by Crippen LogP contribution is 2.22. The maximum atomic E-state index is 12.8. The molecule has 0 spiro atoms. The predicted molar refractivity (Wildman–Crippen MR) is 118 cm³/mol. The summed E-state index contributed by atoms with van der Waals surface area (Å²) < 4.78 is 32.4. The smallest absolute Gasteiger partial charge is 0.338 e. The van der Waals surface area contributed by atoms with E-state index in [0.717, 1.165) is 38.5 Å². The van der Waals surface area contributed by atoms with Crippen LogP contribution in [0.3, 0.4) is 0 Å². The minimum atomic E-state index is -3.64. The van der Waals surface area contributed by atoms with E-state index in [2.05, 4.69) is 11.4 Å². The zero-order valence-electron chi connectivity index (χ0n) is 18.1. The van der Waals surface area contributed by atoms with Gasteiger partial charge in [-0.25, -0.2) is 13.2 Å². The van der Waals surface area contributed by atoms with Gasteiger partial charge in [0.25, 0.3) is 5.91 Å². The molecular formula is C23H32N2O5S. The molecule has 0 unspecified atom stereocenters. The summed E-state index contributed by atoms with van der Waals surface area (Å²) >= 11 is 0. The van der Waals surface area contributed by atoms with Crippen LogP contribution in [-0.4, -0.2) is 50.3 Å². The number of nitrogens with one attached hydrogen (secondary N) is 1. The Balaban J connectivity index is 1.55. The Bertz CT molecular complexity index is 920. The van der Waals surface area contributed by atoms with Crippen molar-refractivity contribution in [1.29, 1.82) is 0 Å². The standard InChI is InChI=1S/C23H32N2O5S/c1-18(22(26)24-14-13-19-9-4-2-5-10-19)30-23(27)20-11-8-12-21(17-20)31(28,29)25-15-6-3-7-16-25/h8-9,11-12,17-18H,2-7,10,13-16H2,1H3,(H,24,26)/t18-/m1/s1. The third-order valence-corrected chi connectivity index (χ3v) is 7.70. The number of ether oxygens (including phenoxy) is 1. The van der Waals surface area contributed by atoms with E-state index in [1.165, 1.54) is 53.9 Å². The van der Waals surface area contributed by atoms with E-state index in [1.54, 1.807) is 0 Å². The van der Waals surface area contributed by atoms with Crippen molar-refractivity contribution in [2.24, 2.45) is 0 Å². The van der Waals surface area contributed by atoms with Gasteiger partial charge in [0.2, 0.25) is 10.0 Å². The minimum absolute atomic E-state index is 0.0710. The van der Waals surface area contributed by atoms with E-state index >= 15 is 0 Å². The Hall–Kier alpha value is -2.19. The van der Waals surface area contributed by atoms with Crippen molar-refractivity contribution in [1.82, 2.24) is 9.62 Å². The molecule has 1 aliphatic carbocycles. The highest BCUT2D eigenvalue weighted by molar-refractivity contribution is 7.89. The number of allylic oxidation sites excluding steroid dienone is 1. The molecule has 0 aromatic heterocycles.